The molecule has 1 fully saturated rings. The number of rotatable bonds is 7. The van der Waals surface area contributed by atoms with Crippen molar-refractivity contribution in [3.05, 3.63) is 48.5 Å². The van der Waals surface area contributed by atoms with Crippen molar-refractivity contribution in [3.63, 3.8) is 0 Å². The minimum absolute atomic E-state index is 0.00913. The SMILES string of the molecule is CN(C1CCCCC1)S(=O)(=O)c1ccccc1NC(=O)CSc1n[nH]c2nc3ccccc3n12. The number of fused-ring (bicyclic) bond motifs is 3. The Morgan fingerprint density at radius 2 is 1.88 bits per heavy atom. The van der Waals surface area contributed by atoms with E-state index in [1.807, 2.05) is 28.7 Å². The summed E-state index contributed by atoms with van der Waals surface area (Å²) in [5.74, 6) is 0.360. The largest absolute Gasteiger partial charge is 0.324 e. The zero-order valence-corrected chi connectivity index (χ0v) is 20.4. The van der Waals surface area contributed by atoms with Crippen LogP contribution in [0.15, 0.2) is 58.6 Å². The third-order valence-corrected chi connectivity index (χ3v) is 9.15. The van der Waals surface area contributed by atoms with Crippen LogP contribution in [0.1, 0.15) is 32.1 Å². The summed E-state index contributed by atoms with van der Waals surface area (Å²) in [6, 6.07) is 14.3. The second kappa shape index (κ2) is 9.40. The number of imidazole rings is 1. The van der Waals surface area contributed by atoms with E-state index < -0.39 is 10.0 Å². The molecule has 0 spiro atoms. The minimum atomic E-state index is -3.74. The molecule has 178 valence electrons. The van der Waals surface area contributed by atoms with Gasteiger partial charge in [0.25, 0.3) is 0 Å². The lowest BCUT2D eigenvalue weighted by Crippen LogP contribution is -2.38. The van der Waals surface area contributed by atoms with E-state index in [0.717, 1.165) is 43.1 Å². The zero-order valence-electron chi connectivity index (χ0n) is 18.8. The molecule has 2 aromatic carbocycles. The summed E-state index contributed by atoms with van der Waals surface area (Å²) in [5, 5.41) is 10.6. The predicted octanol–water partition coefficient (Wildman–Crippen LogP) is 3.89. The highest BCUT2D eigenvalue weighted by Gasteiger charge is 2.31. The van der Waals surface area contributed by atoms with Crippen LogP contribution in [0.3, 0.4) is 0 Å². The van der Waals surface area contributed by atoms with Crippen molar-refractivity contribution in [3.8, 4) is 0 Å². The summed E-state index contributed by atoms with van der Waals surface area (Å²) in [4.78, 5) is 17.4. The van der Waals surface area contributed by atoms with Crippen LogP contribution in [0.5, 0.6) is 0 Å². The standard InChI is InChI=1S/C23H26N6O3S2/c1-28(16-9-3-2-4-10-16)34(31,32)20-14-8-6-12-18(20)24-21(30)15-33-23-27-26-22-25-17-11-5-7-13-19(17)29(22)23/h5-8,11-14,16H,2-4,9-10,15H2,1H3,(H,24,30)(H,25,26). The summed E-state index contributed by atoms with van der Waals surface area (Å²) in [6.45, 7) is 0. The van der Waals surface area contributed by atoms with Gasteiger partial charge in [-0.3, -0.25) is 9.20 Å². The number of H-pyrrole nitrogens is 1. The molecule has 0 saturated heterocycles. The Morgan fingerprint density at radius 1 is 1.15 bits per heavy atom. The number of aromatic amines is 1. The number of carbonyl (C=O) groups excluding carboxylic acids is 1. The van der Waals surface area contributed by atoms with Crippen LogP contribution in [-0.4, -0.2) is 57.1 Å². The highest BCUT2D eigenvalue weighted by atomic mass is 32.2. The molecule has 9 nitrogen and oxygen atoms in total. The van der Waals surface area contributed by atoms with E-state index >= 15 is 0 Å². The number of benzene rings is 2. The van der Waals surface area contributed by atoms with Gasteiger partial charge in [0.15, 0.2) is 5.16 Å². The Kier molecular flexibility index (Phi) is 6.32. The number of amides is 1. The van der Waals surface area contributed by atoms with Gasteiger partial charge in [0.05, 0.1) is 22.5 Å². The monoisotopic (exact) mass is 498 g/mol. The highest BCUT2D eigenvalue weighted by Crippen LogP contribution is 2.30. The van der Waals surface area contributed by atoms with Crippen LogP contribution in [0.25, 0.3) is 16.8 Å². The lowest BCUT2D eigenvalue weighted by molar-refractivity contribution is -0.113. The summed E-state index contributed by atoms with van der Waals surface area (Å²) in [7, 11) is -2.10. The van der Waals surface area contributed by atoms with E-state index in [-0.39, 0.29) is 28.3 Å². The minimum Gasteiger partial charge on any atom is -0.324 e. The molecule has 0 aliphatic heterocycles. The number of nitrogens with one attached hydrogen (secondary N) is 2. The number of anilines is 1. The average molecular weight is 499 g/mol. The number of thioether (sulfide) groups is 1. The number of hydrogen-bond acceptors (Lipinski definition) is 6. The lowest BCUT2D eigenvalue weighted by Gasteiger charge is -2.30. The maximum absolute atomic E-state index is 13.4. The highest BCUT2D eigenvalue weighted by molar-refractivity contribution is 7.99. The first-order valence-corrected chi connectivity index (χ1v) is 13.7. The van der Waals surface area contributed by atoms with Crippen LogP contribution in [-0.2, 0) is 14.8 Å². The second-order valence-electron chi connectivity index (χ2n) is 8.41. The van der Waals surface area contributed by atoms with Crippen LogP contribution in [0, 0.1) is 0 Å². The van der Waals surface area contributed by atoms with Crippen molar-refractivity contribution in [2.24, 2.45) is 0 Å². The van der Waals surface area contributed by atoms with Gasteiger partial charge >= 0.3 is 0 Å². The molecule has 1 saturated carbocycles. The third kappa shape index (κ3) is 4.30. The Balaban J connectivity index is 1.32. The number of aromatic nitrogens is 4. The molecule has 5 rings (SSSR count). The average Bonchev–Trinajstić information content (AvgIpc) is 3.42. The predicted molar refractivity (Wildman–Crippen MR) is 132 cm³/mol. The molecule has 11 heteroatoms. The van der Waals surface area contributed by atoms with Crippen molar-refractivity contribution in [1.29, 1.82) is 0 Å². The van der Waals surface area contributed by atoms with E-state index in [4.69, 9.17) is 0 Å². The summed E-state index contributed by atoms with van der Waals surface area (Å²) < 4.78 is 30.1. The first-order valence-electron chi connectivity index (χ1n) is 11.3. The number of hydrogen-bond donors (Lipinski definition) is 2. The molecule has 0 bridgehead atoms. The Bertz CT molecular complexity index is 1440. The molecule has 0 unspecified atom stereocenters. The van der Waals surface area contributed by atoms with E-state index in [9.17, 15) is 13.2 Å². The van der Waals surface area contributed by atoms with Crippen molar-refractivity contribution in [2.75, 3.05) is 18.1 Å². The van der Waals surface area contributed by atoms with E-state index in [1.165, 1.54) is 16.1 Å². The van der Waals surface area contributed by atoms with Gasteiger partial charge in [0, 0.05) is 13.1 Å². The summed E-state index contributed by atoms with van der Waals surface area (Å²) in [6.07, 6.45) is 4.94. The van der Waals surface area contributed by atoms with E-state index in [1.54, 1.807) is 31.3 Å². The third-order valence-electron chi connectivity index (χ3n) is 6.24. The van der Waals surface area contributed by atoms with E-state index in [0.29, 0.717) is 10.9 Å². The maximum atomic E-state index is 13.4. The van der Waals surface area contributed by atoms with Gasteiger partial charge in [-0.25, -0.2) is 18.5 Å². The molecule has 2 N–H and O–H groups in total. The van der Waals surface area contributed by atoms with Gasteiger partial charge in [0.1, 0.15) is 4.90 Å². The zero-order chi connectivity index (χ0) is 23.7. The van der Waals surface area contributed by atoms with Crippen LogP contribution in [0.2, 0.25) is 0 Å². The normalized spacial score (nSPS) is 15.4. The second-order valence-corrected chi connectivity index (χ2v) is 11.3. The number of nitrogens with zero attached hydrogens (tertiary/aromatic N) is 4. The molecular weight excluding hydrogens is 472 g/mol. The Hall–Kier alpha value is -2.89. The quantitative estimate of drug-likeness (QED) is 0.374. The van der Waals surface area contributed by atoms with Gasteiger partial charge in [-0.2, -0.15) is 4.31 Å². The van der Waals surface area contributed by atoms with Gasteiger partial charge in [0.2, 0.25) is 21.7 Å². The fourth-order valence-corrected chi connectivity index (χ4v) is 6.76. The molecule has 34 heavy (non-hydrogen) atoms. The van der Waals surface area contributed by atoms with Crippen molar-refractivity contribution >= 4 is 50.2 Å². The molecule has 1 amide bonds. The van der Waals surface area contributed by atoms with Gasteiger partial charge in [-0.15, -0.1) is 5.10 Å². The van der Waals surface area contributed by atoms with E-state index in [2.05, 4.69) is 20.5 Å². The van der Waals surface area contributed by atoms with Crippen LogP contribution < -0.4 is 5.32 Å². The van der Waals surface area contributed by atoms with Gasteiger partial charge in [-0.1, -0.05) is 55.3 Å². The smallest absolute Gasteiger partial charge is 0.245 e. The molecule has 1 aliphatic rings. The molecule has 0 radical (unpaired) electrons. The van der Waals surface area contributed by atoms with Crippen molar-refractivity contribution in [2.45, 2.75) is 48.2 Å². The number of sulfonamides is 1. The van der Waals surface area contributed by atoms with Crippen molar-refractivity contribution < 1.29 is 13.2 Å². The molecular formula is C23H26N6O3S2. The Labute approximate surface area is 202 Å². The fourth-order valence-electron chi connectivity index (χ4n) is 4.45. The molecule has 4 aromatic rings. The first-order chi connectivity index (χ1) is 16.4. The molecule has 2 aromatic heterocycles. The first kappa shape index (κ1) is 22.9. The van der Waals surface area contributed by atoms with Crippen LogP contribution >= 0.6 is 11.8 Å². The summed E-state index contributed by atoms with van der Waals surface area (Å²) in [5.41, 5.74) is 2.02. The number of carbonyl (C=O) groups is 1. The number of para-hydroxylation sites is 3. The summed E-state index contributed by atoms with van der Waals surface area (Å²) >= 11 is 1.25. The Morgan fingerprint density at radius 3 is 2.71 bits per heavy atom. The topological polar surface area (TPSA) is 112 Å². The van der Waals surface area contributed by atoms with Crippen LogP contribution in [0.4, 0.5) is 5.69 Å². The van der Waals surface area contributed by atoms with Gasteiger partial charge in [-0.05, 0) is 37.1 Å². The van der Waals surface area contributed by atoms with Gasteiger partial charge < -0.3 is 5.32 Å². The fraction of sp³-hybridized carbons (Fsp3) is 0.348. The maximum Gasteiger partial charge on any atom is 0.245 e. The molecule has 0 atom stereocenters. The van der Waals surface area contributed by atoms with Crippen molar-refractivity contribution in [1.82, 2.24) is 23.9 Å². The molecule has 2 heterocycles. The lowest BCUT2D eigenvalue weighted by atomic mass is 9.96. The molecule has 1 aliphatic carbocycles.